The molecule has 3 aromatic rings. The van der Waals surface area contributed by atoms with Gasteiger partial charge in [0, 0.05) is 63.6 Å². The fraction of sp³-hybridized carbons (Fsp3) is 0. The number of fused-ring (bicyclic) bond motifs is 3. The van der Waals surface area contributed by atoms with E-state index in [1.807, 2.05) is 24.4 Å². The zero-order chi connectivity index (χ0) is 9.38. The topological polar surface area (TPSA) is 25.8 Å². The molecule has 0 saturated carbocycles. The van der Waals surface area contributed by atoms with Gasteiger partial charge >= 0.3 is 0 Å². The molecule has 0 radical (unpaired) electrons. The Morgan fingerprint density at radius 1 is 0.800 bits per heavy atom. The van der Waals surface area contributed by atoms with Gasteiger partial charge in [-0.25, -0.2) is 0 Å². The molecule has 0 unspecified atom stereocenters. The van der Waals surface area contributed by atoms with Gasteiger partial charge in [-0.1, -0.05) is 12.1 Å². The van der Waals surface area contributed by atoms with E-state index in [0.29, 0.717) is 0 Å². The zero-order valence-electron chi connectivity index (χ0n) is 7.92. The third-order valence-electron chi connectivity index (χ3n) is 2.35. The van der Waals surface area contributed by atoms with Gasteiger partial charge in [-0.2, -0.15) is 0 Å². The van der Waals surface area contributed by atoms with E-state index in [9.17, 15) is 0 Å². The van der Waals surface area contributed by atoms with Crippen molar-refractivity contribution in [3.63, 3.8) is 0 Å². The maximum atomic E-state index is 4.37. The molecule has 0 spiro atoms. The Bertz CT molecular complexity index is 553. The fourth-order valence-electron chi connectivity index (χ4n) is 1.70. The molecule has 0 N–H and O–H groups in total. The molecule has 2 aromatic heterocycles. The molecule has 1 aromatic carbocycles. The van der Waals surface area contributed by atoms with Crippen LogP contribution in [0.5, 0.6) is 0 Å². The summed E-state index contributed by atoms with van der Waals surface area (Å²) in [5, 5.41) is 2.28. The average Bonchev–Trinajstić information content (AvgIpc) is 2.29. The number of pyridine rings is 2. The van der Waals surface area contributed by atoms with Crippen LogP contribution < -0.4 is 0 Å². The van der Waals surface area contributed by atoms with Crippen LogP contribution in [0.2, 0.25) is 0 Å². The molecule has 0 amide bonds. The van der Waals surface area contributed by atoms with Gasteiger partial charge < -0.3 is 0 Å². The summed E-state index contributed by atoms with van der Waals surface area (Å²) in [4.78, 5) is 8.66. The predicted octanol–water partition coefficient (Wildman–Crippen LogP) is 2.78. The Hall–Kier alpha value is -0.622. The molecular weight excluding hydrogens is 323 g/mol. The molecule has 0 aliphatic heterocycles. The summed E-state index contributed by atoms with van der Waals surface area (Å²) < 4.78 is 0. The van der Waals surface area contributed by atoms with Crippen molar-refractivity contribution < 1.29 is 40.4 Å². The average molecular weight is 331 g/mol. The summed E-state index contributed by atoms with van der Waals surface area (Å²) in [7, 11) is 0. The molecule has 3 heteroatoms. The standard InChI is InChI=1S/C12H8N2.Sm/c1-3-9-5-6-11-10(4-2-7-13-11)12(9)14-8-1;/h1-8H;. The minimum atomic E-state index is 0. The smallest absolute Gasteiger partial charge is 0.0795 e. The van der Waals surface area contributed by atoms with Crippen LogP contribution in [0, 0.1) is 40.4 Å². The molecule has 2 nitrogen and oxygen atoms in total. The fourth-order valence-corrected chi connectivity index (χ4v) is 1.70. The van der Waals surface area contributed by atoms with Gasteiger partial charge in [0.15, 0.2) is 0 Å². The monoisotopic (exact) mass is 332 g/mol. The number of aromatic nitrogens is 2. The minimum Gasteiger partial charge on any atom is -0.256 e. The Kier molecular flexibility index (Phi) is 3.25. The first-order valence-corrected chi connectivity index (χ1v) is 4.53. The van der Waals surface area contributed by atoms with Gasteiger partial charge in [-0.15, -0.1) is 0 Å². The molecule has 15 heavy (non-hydrogen) atoms. The van der Waals surface area contributed by atoms with E-state index >= 15 is 0 Å². The first-order valence-electron chi connectivity index (χ1n) is 4.53. The molecule has 0 atom stereocenters. The van der Waals surface area contributed by atoms with E-state index in [-0.39, 0.29) is 40.4 Å². The van der Waals surface area contributed by atoms with Crippen LogP contribution in [-0.2, 0) is 0 Å². The first-order chi connectivity index (χ1) is 6.95. The summed E-state index contributed by atoms with van der Waals surface area (Å²) in [6.45, 7) is 0. The summed E-state index contributed by atoms with van der Waals surface area (Å²) >= 11 is 0. The van der Waals surface area contributed by atoms with E-state index < -0.39 is 0 Å². The van der Waals surface area contributed by atoms with E-state index in [0.717, 1.165) is 21.8 Å². The quantitative estimate of drug-likeness (QED) is 0.592. The molecule has 0 fully saturated rings. The van der Waals surface area contributed by atoms with Gasteiger partial charge in [0.2, 0.25) is 0 Å². The maximum absolute atomic E-state index is 4.37. The molecule has 72 valence electrons. The summed E-state index contributed by atoms with van der Waals surface area (Å²) in [6.07, 6.45) is 3.62. The van der Waals surface area contributed by atoms with Gasteiger partial charge in [-0.3, -0.25) is 9.97 Å². The molecule has 0 aliphatic rings. The Balaban J connectivity index is 0.000000853. The minimum absolute atomic E-state index is 0. The normalized spacial score (nSPS) is 10.1. The third-order valence-corrected chi connectivity index (χ3v) is 2.35. The SMILES string of the molecule is [Sm].c1cnc2c(c1)ccc1ncccc12. The van der Waals surface area contributed by atoms with Crippen LogP contribution in [0.1, 0.15) is 0 Å². The number of hydrogen-bond donors (Lipinski definition) is 0. The molecule has 0 aliphatic carbocycles. The second-order valence-corrected chi connectivity index (χ2v) is 3.21. The first kappa shape index (κ1) is 10.9. The van der Waals surface area contributed by atoms with Gasteiger partial charge in [0.25, 0.3) is 0 Å². The second-order valence-electron chi connectivity index (χ2n) is 3.21. The summed E-state index contributed by atoms with van der Waals surface area (Å²) in [6, 6.07) is 12.1. The summed E-state index contributed by atoms with van der Waals surface area (Å²) in [5.74, 6) is 0. The van der Waals surface area contributed by atoms with E-state index in [1.54, 1.807) is 6.20 Å². The van der Waals surface area contributed by atoms with Crippen molar-refractivity contribution in [2.75, 3.05) is 0 Å². The van der Waals surface area contributed by atoms with Gasteiger partial charge in [0.1, 0.15) is 0 Å². The van der Waals surface area contributed by atoms with Crippen molar-refractivity contribution >= 4 is 21.8 Å². The second kappa shape index (κ2) is 4.48. The number of rotatable bonds is 0. The van der Waals surface area contributed by atoms with E-state index in [2.05, 4.69) is 28.2 Å². The van der Waals surface area contributed by atoms with Crippen molar-refractivity contribution in [2.45, 2.75) is 0 Å². The number of hydrogen-bond acceptors (Lipinski definition) is 2. The number of nitrogens with zero attached hydrogens (tertiary/aromatic N) is 2. The van der Waals surface area contributed by atoms with Crippen molar-refractivity contribution in [1.82, 2.24) is 9.97 Å². The van der Waals surface area contributed by atoms with Crippen molar-refractivity contribution in [1.29, 1.82) is 0 Å². The van der Waals surface area contributed by atoms with Crippen molar-refractivity contribution in [3.8, 4) is 0 Å². The summed E-state index contributed by atoms with van der Waals surface area (Å²) in [5.41, 5.74) is 2.02. The maximum Gasteiger partial charge on any atom is 0.0795 e. The molecule has 2 heterocycles. The third kappa shape index (κ3) is 1.88. The van der Waals surface area contributed by atoms with Crippen LogP contribution in [0.15, 0.2) is 48.8 Å². The Labute approximate surface area is 120 Å². The van der Waals surface area contributed by atoms with Gasteiger partial charge in [0.05, 0.1) is 11.0 Å². The largest absolute Gasteiger partial charge is 0.256 e. The van der Waals surface area contributed by atoms with Crippen molar-refractivity contribution in [3.05, 3.63) is 48.8 Å². The van der Waals surface area contributed by atoms with Crippen LogP contribution in [0.3, 0.4) is 0 Å². The van der Waals surface area contributed by atoms with E-state index in [1.165, 1.54) is 0 Å². The number of benzene rings is 1. The van der Waals surface area contributed by atoms with Crippen LogP contribution in [0.25, 0.3) is 21.8 Å². The van der Waals surface area contributed by atoms with Crippen LogP contribution in [-0.4, -0.2) is 9.97 Å². The molecule has 0 bridgehead atoms. The molecule has 0 saturated heterocycles. The Morgan fingerprint density at radius 2 is 1.60 bits per heavy atom. The molecule has 3 rings (SSSR count). The van der Waals surface area contributed by atoms with Crippen molar-refractivity contribution in [2.24, 2.45) is 0 Å². The van der Waals surface area contributed by atoms with Crippen LogP contribution >= 0.6 is 0 Å². The predicted molar refractivity (Wildman–Crippen MR) is 57.0 cm³/mol. The molecular formula is C12H8N2Sm. The Morgan fingerprint density at radius 3 is 2.53 bits per heavy atom. The van der Waals surface area contributed by atoms with Crippen LogP contribution in [0.4, 0.5) is 0 Å². The van der Waals surface area contributed by atoms with E-state index in [4.69, 9.17) is 0 Å². The zero-order valence-corrected chi connectivity index (χ0v) is 10.5. The van der Waals surface area contributed by atoms with Gasteiger partial charge in [-0.05, 0) is 24.3 Å².